The number of thioether (sulfide) groups is 1. The summed E-state index contributed by atoms with van der Waals surface area (Å²) in [5.41, 5.74) is 1.81. The molecule has 1 saturated carbocycles. The lowest BCUT2D eigenvalue weighted by Crippen LogP contribution is -2.40. The van der Waals surface area contributed by atoms with E-state index in [1.54, 1.807) is 0 Å². The molecule has 1 aromatic heterocycles. The van der Waals surface area contributed by atoms with Gasteiger partial charge in [0.15, 0.2) is 5.76 Å². The average Bonchev–Trinajstić information content (AvgIpc) is 3.17. The highest BCUT2D eigenvalue weighted by molar-refractivity contribution is 7.99. The molecule has 162 valence electrons. The minimum Gasteiger partial charge on any atom is -0.466 e. The van der Waals surface area contributed by atoms with Crippen LogP contribution in [0, 0.1) is 5.92 Å². The summed E-state index contributed by atoms with van der Waals surface area (Å²) in [7, 11) is 0. The summed E-state index contributed by atoms with van der Waals surface area (Å²) in [6, 6.07) is 7.95. The smallest absolute Gasteiger partial charge is 0.309 e. The molecule has 1 saturated heterocycles. The molecule has 2 fully saturated rings. The molecule has 1 aromatic carbocycles. The van der Waals surface area contributed by atoms with Gasteiger partial charge in [0.25, 0.3) is 5.91 Å². The second-order valence-corrected chi connectivity index (χ2v) is 9.58. The minimum atomic E-state index is -0.141. The predicted molar refractivity (Wildman–Crippen MR) is 120 cm³/mol. The topological polar surface area (TPSA) is 59.8 Å². The average molecular weight is 430 g/mol. The van der Waals surface area contributed by atoms with E-state index in [4.69, 9.17) is 9.15 Å². The molecule has 2 aliphatic rings. The second-order valence-electron chi connectivity index (χ2n) is 8.30. The monoisotopic (exact) mass is 429 g/mol. The van der Waals surface area contributed by atoms with Gasteiger partial charge in [-0.1, -0.05) is 37.5 Å². The van der Waals surface area contributed by atoms with Gasteiger partial charge in [0.05, 0.1) is 12.5 Å². The van der Waals surface area contributed by atoms with E-state index in [1.807, 2.05) is 41.8 Å². The number of piperidine rings is 1. The predicted octanol–water partition coefficient (Wildman–Crippen LogP) is 5.41. The third kappa shape index (κ3) is 4.69. The van der Waals surface area contributed by atoms with Gasteiger partial charge in [0.1, 0.15) is 5.58 Å². The Morgan fingerprint density at radius 1 is 1.10 bits per heavy atom. The number of fused-ring (bicyclic) bond motifs is 1. The van der Waals surface area contributed by atoms with E-state index in [0.717, 1.165) is 22.3 Å². The molecule has 2 heterocycles. The molecule has 30 heavy (non-hydrogen) atoms. The van der Waals surface area contributed by atoms with E-state index >= 15 is 0 Å². The summed E-state index contributed by atoms with van der Waals surface area (Å²) in [6.07, 6.45) is 7.80. The van der Waals surface area contributed by atoms with Gasteiger partial charge in [-0.25, -0.2) is 0 Å². The molecule has 1 aliphatic carbocycles. The fourth-order valence-electron chi connectivity index (χ4n) is 4.57. The van der Waals surface area contributed by atoms with Crippen LogP contribution < -0.4 is 0 Å². The molecular formula is C24H31NO4S. The highest BCUT2D eigenvalue weighted by atomic mass is 32.2. The van der Waals surface area contributed by atoms with Gasteiger partial charge < -0.3 is 14.1 Å². The van der Waals surface area contributed by atoms with Crippen LogP contribution in [0.4, 0.5) is 0 Å². The summed E-state index contributed by atoms with van der Waals surface area (Å²) in [6.45, 7) is 3.35. The van der Waals surface area contributed by atoms with Crippen molar-refractivity contribution in [2.45, 2.75) is 62.9 Å². The van der Waals surface area contributed by atoms with Crippen LogP contribution in [0.15, 0.2) is 28.7 Å². The molecule has 0 N–H and O–H groups in total. The van der Waals surface area contributed by atoms with E-state index in [2.05, 4.69) is 6.07 Å². The zero-order chi connectivity index (χ0) is 20.9. The van der Waals surface area contributed by atoms with Crippen molar-refractivity contribution in [1.29, 1.82) is 0 Å². The molecule has 2 aromatic rings. The highest BCUT2D eigenvalue weighted by Crippen LogP contribution is 2.35. The number of carbonyl (C=O) groups excluding carboxylic acids is 2. The van der Waals surface area contributed by atoms with Crippen molar-refractivity contribution in [2.24, 2.45) is 5.92 Å². The lowest BCUT2D eigenvalue weighted by atomic mass is 9.96. The molecule has 1 aliphatic heterocycles. The van der Waals surface area contributed by atoms with Crippen LogP contribution in [0.3, 0.4) is 0 Å². The van der Waals surface area contributed by atoms with Crippen molar-refractivity contribution in [3.63, 3.8) is 0 Å². The summed E-state index contributed by atoms with van der Waals surface area (Å²) in [5.74, 6) is 0.993. The molecule has 6 heteroatoms. The van der Waals surface area contributed by atoms with E-state index in [0.29, 0.717) is 43.5 Å². The number of hydrogen-bond donors (Lipinski definition) is 0. The number of amides is 1. The molecule has 0 radical (unpaired) electrons. The van der Waals surface area contributed by atoms with Crippen LogP contribution in [0.25, 0.3) is 11.0 Å². The number of benzene rings is 1. The summed E-state index contributed by atoms with van der Waals surface area (Å²) in [4.78, 5) is 27.2. The first-order valence-electron chi connectivity index (χ1n) is 11.2. The van der Waals surface area contributed by atoms with Crippen molar-refractivity contribution in [3.05, 3.63) is 35.6 Å². The number of para-hydroxylation sites is 1. The number of hydrogen-bond acceptors (Lipinski definition) is 5. The molecule has 0 atom stereocenters. The maximum absolute atomic E-state index is 13.4. The molecular weight excluding hydrogens is 398 g/mol. The van der Waals surface area contributed by atoms with Crippen LogP contribution in [-0.4, -0.2) is 41.7 Å². The Hall–Kier alpha value is -1.95. The Kier molecular flexibility index (Phi) is 7.03. The third-order valence-electron chi connectivity index (χ3n) is 6.31. The summed E-state index contributed by atoms with van der Waals surface area (Å²) >= 11 is 1.97. The Morgan fingerprint density at radius 2 is 1.83 bits per heavy atom. The zero-order valence-corrected chi connectivity index (χ0v) is 18.5. The SMILES string of the molecule is CCOC(=O)C1CCN(C(=O)c2oc3ccccc3c2CSC2CCCCC2)CC1. The number of nitrogens with zero attached hydrogens (tertiary/aromatic N) is 1. The molecule has 0 bridgehead atoms. The van der Waals surface area contributed by atoms with Gasteiger partial charge in [-0.2, -0.15) is 11.8 Å². The van der Waals surface area contributed by atoms with Gasteiger partial charge in [-0.3, -0.25) is 9.59 Å². The van der Waals surface area contributed by atoms with Crippen molar-refractivity contribution in [3.8, 4) is 0 Å². The Labute approximate surface area is 182 Å². The Balaban J connectivity index is 1.48. The largest absolute Gasteiger partial charge is 0.466 e. The molecule has 0 spiro atoms. The first-order chi connectivity index (χ1) is 14.7. The molecule has 0 unspecified atom stereocenters. The maximum Gasteiger partial charge on any atom is 0.309 e. The normalized spacial score (nSPS) is 18.6. The first-order valence-corrected chi connectivity index (χ1v) is 12.3. The number of carbonyl (C=O) groups is 2. The number of esters is 1. The van der Waals surface area contributed by atoms with Crippen LogP contribution in [0.5, 0.6) is 0 Å². The fourth-order valence-corrected chi connectivity index (χ4v) is 5.93. The van der Waals surface area contributed by atoms with Gasteiger partial charge in [-0.15, -0.1) is 0 Å². The van der Waals surface area contributed by atoms with Crippen LogP contribution in [0.2, 0.25) is 0 Å². The molecule has 4 rings (SSSR count). The number of furan rings is 1. The highest BCUT2D eigenvalue weighted by Gasteiger charge is 2.31. The number of rotatable bonds is 6. The van der Waals surface area contributed by atoms with E-state index < -0.39 is 0 Å². The number of likely N-dealkylation sites (tertiary alicyclic amines) is 1. The van der Waals surface area contributed by atoms with Crippen LogP contribution >= 0.6 is 11.8 Å². The fraction of sp³-hybridized carbons (Fsp3) is 0.583. The lowest BCUT2D eigenvalue weighted by Gasteiger charge is -2.30. The quantitative estimate of drug-likeness (QED) is 0.574. The Morgan fingerprint density at radius 3 is 2.57 bits per heavy atom. The van der Waals surface area contributed by atoms with Crippen LogP contribution in [-0.2, 0) is 15.3 Å². The van der Waals surface area contributed by atoms with E-state index in [-0.39, 0.29) is 17.8 Å². The van der Waals surface area contributed by atoms with Crippen molar-refractivity contribution in [2.75, 3.05) is 19.7 Å². The van der Waals surface area contributed by atoms with Crippen molar-refractivity contribution >= 4 is 34.6 Å². The lowest BCUT2D eigenvalue weighted by molar-refractivity contribution is -0.149. The van der Waals surface area contributed by atoms with Gasteiger partial charge >= 0.3 is 5.97 Å². The van der Waals surface area contributed by atoms with Crippen molar-refractivity contribution < 1.29 is 18.7 Å². The third-order valence-corrected chi connectivity index (χ3v) is 7.71. The van der Waals surface area contributed by atoms with Gasteiger partial charge in [-0.05, 0) is 38.7 Å². The maximum atomic E-state index is 13.4. The standard InChI is InChI=1S/C24H31NO4S/c1-2-28-24(27)17-12-14-25(15-13-17)23(26)22-20(16-30-18-8-4-3-5-9-18)19-10-6-7-11-21(19)29-22/h6-7,10-11,17-18H,2-5,8-9,12-16H2,1H3. The molecule has 1 amide bonds. The van der Waals surface area contributed by atoms with Gasteiger partial charge in [0, 0.05) is 35.0 Å². The minimum absolute atomic E-state index is 0.0484. The van der Waals surface area contributed by atoms with Crippen LogP contribution in [0.1, 0.15) is 68.0 Å². The zero-order valence-electron chi connectivity index (χ0n) is 17.7. The van der Waals surface area contributed by atoms with Gasteiger partial charge in [0.2, 0.25) is 0 Å². The van der Waals surface area contributed by atoms with E-state index in [1.165, 1.54) is 32.1 Å². The van der Waals surface area contributed by atoms with E-state index in [9.17, 15) is 9.59 Å². The summed E-state index contributed by atoms with van der Waals surface area (Å²) < 4.78 is 11.2. The Bertz CT molecular complexity index is 878. The van der Waals surface area contributed by atoms with Crippen molar-refractivity contribution in [1.82, 2.24) is 4.90 Å². The number of ether oxygens (including phenoxy) is 1. The second kappa shape index (κ2) is 9.90. The molecule has 5 nitrogen and oxygen atoms in total. The first kappa shape index (κ1) is 21.3. The summed E-state index contributed by atoms with van der Waals surface area (Å²) in [5, 5.41) is 1.72.